The van der Waals surface area contributed by atoms with Gasteiger partial charge in [-0.3, -0.25) is 10.1 Å². The minimum atomic E-state index is -0.0533. The van der Waals surface area contributed by atoms with Crippen molar-refractivity contribution in [2.45, 2.75) is 38.9 Å². The second-order valence-corrected chi connectivity index (χ2v) is 6.47. The van der Waals surface area contributed by atoms with Crippen LogP contribution in [0.4, 0.5) is 0 Å². The summed E-state index contributed by atoms with van der Waals surface area (Å²) in [4.78, 5) is 14.5. The van der Waals surface area contributed by atoms with E-state index in [1.54, 1.807) is 18.4 Å². The molecule has 2 unspecified atom stereocenters. The van der Waals surface area contributed by atoms with Gasteiger partial charge in [0, 0.05) is 20.3 Å². The third-order valence-corrected chi connectivity index (χ3v) is 4.27. The van der Waals surface area contributed by atoms with Crippen LogP contribution >= 0.6 is 11.3 Å². The van der Waals surface area contributed by atoms with Gasteiger partial charge in [-0.25, -0.2) is 0 Å². The zero-order chi connectivity index (χ0) is 14.5. The van der Waals surface area contributed by atoms with Crippen molar-refractivity contribution in [2.75, 3.05) is 20.3 Å². The first-order valence-corrected chi connectivity index (χ1v) is 8.15. The predicted molar refractivity (Wildman–Crippen MR) is 81.6 cm³/mol. The van der Waals surface area contributed by atoms with Crippen LogP contribution in [0.5, 0.6) is 0 Å². The van der Waals surface area contributed by atoms with E-state index in [-0.39, 0.29) is 18.1 Å². The lowest BCUT2D eigenvalue weighted by molar-refractivity contribution is -0.130. The Kier molecular flexibility index (Phi) is 5.57. The normalized spacial score (nSPS) is 23.0. The van der Waals surface area contributed by atoms with Gasteiger partial charge in [0.1, 0.15) is 6.17 Å². The van der Waals surface area contributed by atoms with Crippen molar-refractivity contribution in [3.05, 3.63) is 22.4 Å². The highest BCUT2D eigenvalue weighted by atomic mass is 32.1. The highest BCUT2D eigenvalue weighted by Crippen LogP contribution is 2.29. The average Bonchev–Trinajstić information content (AvgIpc) is 3.01. The first kappa shape index (κ1) is 15.5. The Hall–Kier alpha value is -0.910. The summed E-state index contributed by atoms with van der Waals surface area (Å²) in [7, 11) is 1.70. The molecule has 0 radical (unpaired) electrons. The van der Waals surface area contributed by atoms with Gasteiger partial charge in [-0.05, 0) is 41.1 Å². The van der Waals surface area contributed by atoms with Crippen molar-refractivity contribution in [3.63, 3.8) is 0 Å². The van der Waals surface area contributed by atoms with Gasteiger partial charge in [0.15, 0.2) is 0 Å². The number of nitrogens with one attached hydrogen (secondary N) is 1. The van der Waals surface area contributed by atoms with Crippen LogP contribution in [0.1, 0.15) is 38.4 Å². The Labute approximate surface area is 125 Å². The second-order valence-electron chi connectivity index (χ2n) is 5.69. The van der Waals surface area contributed by atoms with E-state index in [4.69, 9.17) is 4.74 Å². The molecule has 0 saturated carbocycles. The molecule has 1 aliphatic heterocycles. The summed E-state index contributed by atoms with van der Waals surface area (Å²) in [6.45, 7) is 5.74. The van der Waals surface area contributed by atoms with Gasteiger partial charge in [-0.15, -0.1) is 0 Å². The third-order valence-electron chi connectivity index (χ3n) is 3.57. The number of nitrogens with zero attached hydrogens (tertiary/aromatic N) is 1. The number of hydrogen-bond donors (Lipinski definition) is 1. The molecule has 1 saturated heterocycles. The number of methoxy groups -OCH3 is 1. The zero-order valence-electron chi connectivity index (χ0n) is 12.5. The molecule has 1 aliphatic rings. The quantitative estimate of drug-likeness (QED) is 0.787. The monoisotopic (exact) mass is 296 g/mol. The van der Waals surface area contributed by atoms with Crippen molar-refractivity contribution in [1.29, 1.82) is 0 Å². The number of carbonyl (C=O) groups is 1. The van der Waals surface area contributed by atoms with Crippen molar-refractivity contribution in [2.24, 2.45) is 5.92 Å². The molecule has 2 atom stereocenters. The van der Waals surface area contributed by atoms with Gasteiger partial charge in [0.05, 0.1) is 6.04 Å². The molecule has 2 heterocycles. The Balaban J connectivity index is 2.08. The van der Waals surface area contributed by atoms with Gasteiger partial charge < -0.3 is 9.64 Å². The van der Waals surface area contributed by atoms with E-state index in [1.807, 2.05) is 4.90 Å². The molecule has 112 valence electrons. The Morgan fingerprint density at radius 1 is 1.50 bits per heavy atom. The molecule has 0 spiro atoms. The molecule has 1 N–H and O–H groups in total. The van der Waals surface area contributed by atoms with E-state index in [9.17, 15) is 4.79 Å². The predicted octanol–water partition coefficient (Wildman–Crippen LogP) is 2.63. The summed E-state index contributed by atoms with van der Waals surface area (Å²) >= 11 is 1.67. The molecular formula is C15H24N2O2S. The smallest absolute Gasteiger partial charge is 0.241 e. The fourth-order valence-corrected chi connectivity index (χ4v) is 3.32. The summed E-state index contributed by atoms with van der Waals surface area (Å²) in [5, 5.41) is 7.67. The van der Waals surface area contributed by atoms with Crippen LogP contribution in [0.25, 0.3) is 0 Å². The average molecular weight is 296 g/mol. The van der Waals surface area contributed by atoms with E-state index in [0.29, 0.717) is 12.5 Å². The van der Waals surface area contributed by atoms with Gasteiger partial charge in [0.25, 0.3) is 0 Å². The number of carbonyl (C=O) groups excluding carboxylic acids is 1. The largest absolute Gasteiger partial charge is 0.385 e. The summed E-state index contributed by atoms with van der Waals surface area (Å²) in [5.41, 5.74) is 1.19. The number of hydrogen-bond acceptors (Lipinski definition) is 4. The molecule has 0 aromatic carbocycles. The molecule has 1 fully saturated rings. The standard InChI is InChI=1S/C15H24N2O2S/c1-11(2)9-13-15(18)17(6-4-7-19-3)14(16-13)12-5-8-20-10-12/h5,8,10-11,13-14,16H,4,6-7,9H2,1-3H3. The molecule has 4 nitrogen and oxygen atoms in total. The third kappa shape index (κ3) is 3.59. The second kappa shape index (κ2) is 7.20. The van der Waals surface area contributed by atoms with Gasteiger partial charge in [0.2, 0.25) is 5.91 Å². The fourth-order valence-electron chi connectivity index (χ4n) is 2.64. The van der Waals surface area contributed by atoms with Crippen molar-refractivity contribution < 1.29 is 9.53 Å². The van der Waals surface area contributed by atoms with Gasteiger partial charge in [-0.2, -0.15) is 11.3 Å². The van der Waals surface area contributed by atoms with Crippen molar-refractivity contribution in [3.8, 4) is 0 Å². The lowest BCUT2D eigenvalue weighted by atomic mass is 10.0. The molecule has 0 bridgehead atoms. The van der Waals surface area contributed by atoms with Crippen LogP contribution in [0.3, 0.4) is 0 Å². The lowest BCUT2D eigenvalue weighted by Gasteiger charge is -2.23. The number of thiophene rings is 1. The van der Waals surface area contributed by atoms with E-state index in [0.717, 1.165) is 19.4 Å². The lowest BCUT2D eigenvalue weighted by Crippen LogP contribution is -2.32. The van der Waals surface area contributed by atoms with Crippen LogP contribution in [-0.2, 0) is 9.53 Å². The molecule has 0 aliphatic carbocycles. The summed E-state index contributed by atoms with van der Waals surface area (Å²) < 4.78 is 5.10. The minimum Gasteiger partial charge on any atom is -0.385 e. The van der Waals surface area contributed by atoms with Gasteiger partial charge in [-0.1, -0.05) is 13.8 Å². The SMILES string of the molecule is COCCCN1C(=O)C(CC(C)C)NC1c1ccsc1. The highest BCUT2D eigenvalue weighted by molar-refractivity contribution is 7.07. The molecule has 2 rings (SSSR count). The van der Waals surface area contributed by atoms with Crippen LogP contribution in [0, 0.1) is 5.92 Å². The molecule has 1 amide bonds. The fraction of sp³-hybridized carbons (Fsp3) is 0.667. The van der Waals surface area contributed by atoms with E-state index in [2.05, 4.69) is 36.0 Å². The molecular weight excluding hydrogens is 272 g/mol. The van der Waals surface area contributed by atoms with Crippen LogP contribution < -0.4 is 5.32 Å². The van der Waals surface area contributed by atoms with Crippen LogP contribution in [0.2, 0.25) is 0 Å². The topological polar surface area (TPSA) is 41.6 Å². The van der Waals surface area contributed by atoms with Gasteiger partial charge >= 0.3 is 0 Å². The highest BCUT2D eigenvalue weighted by Gasteiger charge is 2.39. The molecule has 1 aromatic rings. The zero-order valence-corrected chi connectivity index (χ0v) is 13.3. The number of ether oxygens (including phenoxy) is 1. The maximum atomic E-state index is 12.6. The van der Waals surface area contributed by atoms with Crippen molar-refractivity contribution >= 4 is 17.2 Å². The first-order valence-electron chi connectivity index (χ1n) is 7.21. The van der Waals surface area contributed by atoms with Crippen LogP contribution in [0.15, 0.2) is 16.8 Å². The Morgan fingerprint density at radius 2 is 2.30 bits per heavy atom. The maximum absolute atomic E-state index is 12.6. The van der Waals surface area contributed by atoms with E-state index in [1.165, 1.54) is 5.56 Å². The summed E-state index contributed by atoms with van der Waals surface area (Å²) in [5.74, 6) is 0.740. The van der Waals surface area contributed by atoms with E-state index < -0.39 is 0 Å². The van der Waals surface area contributed by atoms with Crippen LogP contribution in [-0.4, -0.2) is 37.1 Å². The first-order chi connectivity index (χ1) is 9.63. The minimum absolute atomic E-state index is 0.0226. The van der Waals surface area contributed by atoms with Crippen molar-refractivity contribution in [1.82, 2.24) is 10.2 Å². The Bertz CT molecular complexity index is 420. The number of rotatable bonds is 7. The maximum Gasteiger partial charge on any atom is 0.241 e. The summed E-state index contributed by atoms with van der Waals surface area (Å²) in [6.07, 6.45) is 1.79. The van der Waals surface area contributed by atoms with E-state index >= 15 is 0 Å². The molecule has 20 heavy (non-hydrogen) atoms. The molecule has 5 heteroatoms. The number of amides is 1. The Morgan fingerprint density at radius 3 is 2.90 bits per heavy atom. The summed E-state index contributed by atoms with van der Waals surface area (Å²) in [6, 6.07) is 2.04. The molecule has 1 aromatic heterocycles.